The Hall–Kier alpha value is 0.270. The second kappa shape index (κ2) is 5.94. The summed E-state index contributed by atoms with van der Waals surface area (Å²) in [6.07, 6.45) is 12.8. The highest BCUT2D eigenvalue weighted by atomic mass is 32.2. The zero-order chi connectivity index (χ0) is 12.2. The molecule has 0 bridgehead atoms. The highest BCUT2D eigenvalue weighted by Crippen LogP contribution is 2.42. The van der Waals surface area contributed by atoms with E-state index in [0.717, 1.165) is 13.1 Å². The van der Waals surface area contributed by atoms with Crippen molar-refractivity contribution in [3.8, 4) is 0 Å². The second-order valence-electron chi connectivity index (χ2n) is 6.06. The van der Waals surface area contributed by atoms with Crippen LogP contribution in [-0.4, -0.2) is 35.8 Å². The average Bonchev–Trinajstić information content (AvgIpc) is 2.34. The molecule has 2 saturated carbocycles. The van der Waals surface area contributed by atoms with Gasteiger partial charge in [-0.2, -0.15) is 11.8 Å². The van der Waals surface area contributed by atoms with Gasteiger partial charge < -0.3 is 10.4 Å². The standard InChI is InChI=1S/C14H27NOS/c1-17-14(8-5-9-14)11-15-10-13(12-16)6-3-2-4-7-13/h15-16H,2-12H2,1H3. The van der Waals surface area contributed by atoms with Crippen LogP contribution >= 0.6 is 11.8 Å². The van der Waals surface area contributed by atoms with Gasteiger partial charge in [0.2, 0.25) is 0 Å². The third-order valence-corrected chi connectivity index (χ3v) is 6.31. The van der Waals surface area contributed by atoms with Gasteiger partial charge in [0.25, 0.3) is 0 Å². The zero-order valence-corrected chi connectivity index (χ0v) is 12.0. The number of thioether (sulfide) groups is 1. The van der Waals surface area contributed by atoms with Crippen molar-refractivity contribution in [2.45, 2.75) is 56.1 Å². The molecule has 0 radical (unpaired) electrons. The minimum atomic E-state index is 0.196. The lowest BCUT2D eigenvalue weighted by molar-refractivity contribution is 0.0798. The van der Waals surface area contributed by atoms with Crippen molar-refractivity contribution in [3.63, 3.8) is 0 Å². The Balaban J connectivity index is 1.75. The minimum absolute atomic E-state index is 0.196. The van der Waals surface area contributed by atoms with Crippen LogP contribution in [-0.2, 0) is 0 Å². The Bertz CT molecular complexity index is 229. The van der Waals surface area contributed by atoms with E-state index in [1.807, 2.05) is 11.8 Å². The van der Waals surface area contributed by atoms with Crippen LogP contribution in [0, 0.1) is 5.41 Å². The van der Waals surface area contributed by atoms with E-state index in [0.29, 0.717) is 11.4 Å². The SMILES string of the molecule is CSC1(CNCC2(CO)CCCCC2)CCC1. The van der Waals surface area contributed by atoms with Crippen LogP contribution in [0.1, 0.15) is 51.4 Å². The fourth-order valence-corrected chi connectivity index (χ4v) is 4.22. The molecule has 3 heteroatoms. The molecular formula is C14H27NOS. The van der Waals surface area contributed by atoms with Gasteiger partial charge in [-0.25, -0.2) is 0 Å². The van der Waals surface area contributed by atoms with E-state index in [2.05, 4.69) is 11.6 Å². The molecule has 2 nitrogen and oxygen atoms in total. The summed E-state index contributed by atoms with van der Waals surface area (Å²) in [5.74, 6) is 0. The van der Waals surface area contributed by atoms with Crippen molar-refractivity contribution in [1.82, 2.24) is 5.32 Å². The summed E-state index contributed by atoms with van der Waals surface area (Å²) in [7, 11) is 0. The van der Waals surface area contributed by atoms with Crippen molar-refractivity contribution < 1.29 is 5.11 Å². The van der Waals surface area contributed by atoms with Crippen LogP contribution in [0.5, 0.6) is 0 Å². The van der Waals surface area contributed by atoms with E-state index in [1.54, 1.807) is 0 Å². The monoisotopic (exact) mass is 257 g/mol. The normalized spacial score (nSPS) is 26.5. The molecule has 100 valence electrons. The van der Waals surface area contributed by atoms with Gasteiger partial charge in [-0.05, 0) is 31.9 Å². The molecule has 2 fully saturated rings. The Morgan fingerprint density at radius 1 is 1.00 bits per heavy atom. The summed E-state index contributed by atoms with van der Waals surface area (Å²) in [6, 6.07) is 0. The van der Waals surface area contributed by atoms with E-state index in [1.165, 1.54) is 51.4 Å². The second-order valence-corrected chi connectivity index (χ2v) is 7.34. The van der Waals surface area contributed by atoms with Crippen LogP contribution in [0.15, 0.2) is 0 Å². The molecule has 0 aromatic heterocycles. The topological polar surface area (TPSA) is 32.3 Å². The first kappa shape index (κ1) is 13.7. The maximum atomic E-state index is 9.65. The third-order valence-electron chi connectivity index (χ3n) is 4.89. The molecule has 0 spiro atoms. The number of hydrogen-bond acceptors (Lipinski definition) is 3. The van der Waals surface area contributed by atoms with Gasteiger partial charge in [0.05, 0.1) is 0 Å². The quantitative estimate of drug-likeness (QED) is 0.767. The highest BCUT2D eigenvalue weighted by molar-refractivity contribution is 8.00. The van der Waals surface area contributed by atoms with E-state index < -0.39 is 0 Å². The van der Waals surface area contributed by atoms with Crippen molar-refractivity contribution in [1.29, 1.82) is 0 Å². The lowest BCUT2D eigenvalue weighted by atomic mass is 9.74. The molecule has 2 N–H and O–H groups in total. The molecule has 0 aromatic carbocycles. The Labute approximate surface area is 110 Å². The molecule has 0 amide bonds. The summed E-state index contributed by atoms with van der Waals surface area (Å²) in [4.78, 5) is 0. The third kappa shape index (κ3) is 3.18. The highest BCUT2D eigenvalue weighted by Gasteiger charge is 2.37. The van der Waals surface area contributed by atoms with Gasteiger partial charge in [-0.3, -0.25) is 0 Å². The van der Waals surface area contributed by atoms with Crippen LogP contribution in [0.25, 0.3) is 0 Å². The maximum absolute atomic E-state index is 9.65. The summed E-state index contributed by atoms with van der Waals surface area (Å²) in [5, 5.41) is 13.3. The maximum Gasteiger partial charge on any atom is 0.0499 e. The summed E-state index contributed by atoms with van der Waals surface area (Å²) in [6.45, 7) is 2.52. The average molecular weight is 257 g/mol. The number of nitrogens with one attached hydrogen (secondary N) is 1. The van der Waals surface area contributed by atoms with Gasteiger partial charge in [0, 0.05) is 29.9 Å². The van der Waals surface area contributed by atoms with Crippen LogP contribution in [0.4, 0.5) is 0 Å². The lowest BCUT2D eigenvalue weighted by Crippen LogP contribution is -2.47. The zero-order valence-electron chi connectivity index (χ0n) is 11.1. The largest absolute Gasteiger partial charge is 0.396 e. The van der Waals surface area contributed by atoms with Gasteiger partial charge in [0.1, 0.15) is 0 Å². The number of aliphatic hydroxyl groups is 1. The summed E-state index contributed by atoms with van der Waals surface area (Å²) >= 11 is 2.03. The Morgan fingerprint density at radius 3 is 2.18 bits per heavy atom. The van der Waals surface area contributed by atoms with Crippen molar-refractivity contribution in [2.24, 2.45) is 5.41 Å². The first-order valence-electron chi connectivity index (χ1n) is 7.11. The Morgan fingerprint density at radius 2 is 1.71 bits per heavy atom. The van der Waals surface area contributed by atoms with E-state index in [-0.39, 0.29) is 5.41 Å². The predicted octanol–water partition coefficient (Wildman–Crippen LogP) is 2.80. The molecule has 2 aliphatic carbocycles. The molecule has 0 heterocycles. The van der Waals surface area contributed by atoms with Crippen LogP contribution in [0.3, 0.4) is 0 Å². The van der Waals surface area contributed by atoms with Gasteiger partial charge in [-0.1, -0.05) is 25.7 Å². The fourth-order valence-electron chi connectivity index (χ4n) is 3.27. The molecule has 0 aromatic rings. The first-order chi connectivity index (χ1) is 8.24. The molecule has 0 aliphatic heterocycles. The van der Waals surface area contributed by atoms with Crippen molar-refractivity contribution in [3.05, 3.63) is 0 Å². The molecule has 0 atom stereocenters. The molecule has 2 rings (SSSR count). The smallest absolute Gasteiger partial charge is 0.0499 e. The molecule has 0 unspecified atom stereocenters. The summed E-state index contributed by atoms with van der Waals surface area (Å²) < 4.78 is 0.519. The first-order valence-corrected chi connectivity index (χ1v) is 8.34. The van der Waals surface area contributed by atoms with E-state index >= 15 is 0 Å². The number of hydrogen-bond donors (Lipinski definition) is 2. The summed E-state index contributed by atoms with van der Waals surface area (Å²) in [5.41, 5.74) is 0.196. The predicted molar refractivity (Wildman–Crippen MR) is 75.6 cm³/mol. The van der Waals surface area contributed by atoms with E-state index in [4.69, 9.17) is 0 Å². The minimum Gasteiger partial charge on any atom is -0.396 e. The number of aliphatic hydroxyl groups excluding tert-OH is 1. The van der Waals surface area contributed by atoms with E-state index in [9.17, 15) is 5.11 Å². The van der Waals surface area contributed by atoms with Crippen LogP contribution in [0.2, 0.25) is 0 Å². The molecular weight excluding hydrogens is 230 g/mol. The van der Waals surface area contributed by atoms with Gasteiger partial charge in [-0.15, -0.1) is 0 Å². The Kier molecular flexibility index (Phi) is 4.79. The van der Waals surface area contributed by atoms with Crippen molar-refractivity contribution >= 4 is 11.8 Å². The van der Waals surface area contributed by atoms with Crippen LogP contribution < -0.4 is 5.32 Å². The van der Waals surface area contributed by atoms with Gasteiger partial charge >= 0.3 is 0 Å². The fraction of sp³-hybridized carbons (Fsp3) is 1.00. The number of rotatable bonds is 6. The lowest BCUT2D eigenvalue weighted by Gasteiger charge is -2.42. The molecule has 0 saturated heterocycles. The van der Waals surface area contributed by atoms with Gasteiger partial charge in [0.15, 0.2) is 0 Å². The molecule has 2 aliphatic rings. The molecule has 17 heavy (non-hydrogen) atoms. The van der Waals surface area contributed by atoms with Crippen molar-refractivity contribution in [2.75, 3.05) is 26.0 Å².